The fourth-order valence-electron chi connectivity index (χ4n) is 2.96. The van der Waals surface area contributed by atoms with E-state index in [1.165, 1.54) is 12.1 Å². The highest BCUT2D eigenvalue weighted by atomic mass is 19.1. The number of hydrogen-bond donors (Lipinski definition) is 2. The summed E-state index contributed by atoms with van der Waals surface area (Å²) in [5.41, 5.74) is 2.75. The molecule has 2 N–H and O–H groups in total. The van der Waals surface area contributed by atoms with Crippen LogP contribution in [-0.2, 0) is 6.42 Å². The topological polar surface area (TPSA) is 78.9 Å². The predicted octanol–water partition coefficient (Wildman–Crippen LogP) is 4.19. The van der Waals surface area contributed by atoms with Crippen molar-refractivity contribution in [1.82, 2.24) is 15.2 Å². The Labute approximate surface area is 152 Å². The molecule has 0 radical (unpaired) electrons. The summed E-state index contributed by atoms with van der Waals surface area (Å²) in [6, 6.07) is 11.5. The van der Waals surface area contributed by atoms with E-state index in [4.69, 9.17) is 5.11 Å². The van der Waals surface area contributed by atoms with Crippen LogP contribution in [0.15, 0.2) is 54.7 Å². The molecule has 7 heteroatoms. The molecule has 0 bridgehead atoms. The second-order valence-corrected chi connectivity index (χ2v) is 6.11. The van der Waals surface area contributed by atoms with Crippen molar-refractivity contribution in [3.8, 4) is 11.3 Å². The molecule has 0 amide bonds. The Bertz CT molecular complexity index is 1170. The zero-order valence-electron chi connectivity index (χ0n) is 13.9. The number of carboxylic acid groups (broad SMARTS) is 1. The summed E-state index contributed by atoms with van der Waals surface area (Å²) >= 11 is 0. The molecule has 0 aliphatic rings. The van der Waals surface area contributed by atoms with E-state index in [0.29, 0.717) is 27.9 Å². The number of aromatic nitrogens is 3. The molecule has 0 aliphatic heterocycles. The van der Waals surface area contributed by atoms with E-state index in [0.717, 1.165) is 18.2 Å². The van der Waals surface area contributed by atoms with Crippen LogP contribution in [0.2, 0.25) is 0 Å². The molecule has 0 unspecified atom stereocenters. The SMILES string of the molecule is O=C(O)c1cccc(-c2n[nH]c3ncc(Cc4cc(F)ccc4F)cc23)c1. The number of carboxylic acids is 1. The van der Waals surface area contributed by atoms with Gasteiger partial charge in [-0.3, -0.25) is 5.10 Å². The maximum Gasteiger partial charge on any atom is 0.335 e. The van der Waals surface area contributed by atoms with E-state index in [1.807, 2.05) is 0 Å². The molecule has 0 fully saturated rings. The van der Waals surface area contributed by atoms with Crippen LogP contribution in [0.25, 0.3) is 22.3 Å². The highest BCUT2D eigenvalue weighted by Crippen LogP contribution is 2.27. The minimum Gasteiger partial charge on any atom is -0.478 e. The van der Waals surface area contributed by atoms with Gasteiger partial charge in [-0.05, 0) is 47.5 Å². The molecule has 0 aliphatic carbocycles. The lowest BCUT2D eigenvalue weighted by Crippen LogP contribution is -1.96. The number of pyridine rings is 1. The monoisotopic (exact) mass is 365 g/mol. The minimum atomic E-state index is -1.03. The first-order valence-electron chi connectivity index (χ1n) is 8.12. The summed E-state index contributed by atoms with van der Waals surface area (Å²) in [6.07, 6.45) is 1.74. The summed E-state index contributed by atoms with van der Waals surface area (Å²) in [5, 5.41) is 16.9. The average Bonchev–Trinajstić information content (AvgIpc) is 3.08. The van der Waals surface area contributed by atoms with Crippen molar-refractivity contribution in [2.75, 3.05) is 0 Å². The summed E-state index contributed by atoms with van der Waals surface area (Å²) in [7, 11) is 0. The third-order valence-electron chi connectivity index (χ3n) is 4.26. The highest BCUT2D eigenvalue weighted by molar-refractivity contribution is 5.94. The molecule has 4 rings (SSSR count). The summed E-state index contributed by atoms with van der Waals surface area (Å²) < 4.78 is 27.3. The maximum absolute atomic E-state index is 13.9. The van der Waals surface area contributed by atoms with Gasteiger partial charge in [0.15, 0.2) is 5.65 Å². The van der Waals surface area contributed by atoms with E-state index in [9.17, 15) is 13.6 Å². The van der Waals surface area contributed by atoms with Crippen molar-refractivity contribution in [3.05, 3.63) is 83.1 Å². The number of carbonyl (C=O) groups is 1. The second-order valence-electron chi connectivity index (χ2n) is 6.11. The van der Waals surface area contributed by atoms with Gasteiger partial charge in [-0.15, -0.1) is 0 Å². The molecule has 2 aromatic heterocycles. The van der Waals surface area contributed by atoms with Crippen LogP contribution in [0.1, 0.15) is 21.5 Å². The van der Waals surface area contributed by atoms with Gasteiger partial charge in [0.2, 0.25) is 0 Å². The fraction of sp³-hybridized carbons (Fsp3) is 0.0500. The van der Waals surface area contributed by atoms with Gasteiger partial charge in [0.25, 0.3) is 0 Å². The zero-order chi connectivity index (χ0) is 19.0. The molecular weight excluding hydrogens is 352 g/mol. The Morgan fingerprint density at radius 3 is 2.78 bits per heavy atom. The van der Waals surface area contributed by atoms with Gasteiger partial charge in [0, 0.05) is 23.6 Å². The number of nitrogens with one attached hydrogen (secondary N) is 1. The Hall–Kier alpha value is -3.61. The molecule has 0 saturated carbocycles. The number of aromatic amines is 1. The lowest BCUT2D eigenvalue weighted by atomic mass is 10.0. The molecule has 2 aromatic carbocycles. The van der Waals surface area contributed by atoms with Crippen molar-refractivity contribution in [2.24, 2.45) is 0 Å². The average molecular weight is 365 g/mol. The fourth-order valence-corrected chi connectivity index (χ4v) is 2.96. The number of rotatable bonds is 4. The molecule has 27 heavy (non-hydrogen) atoms. The summed E-state index contributed by atoms with van der Waals surface area (Å²) in [6.45, 7) is 0. The van der Waals surface area contributed by atoms with E-state index in [2.05, 4.69) is 15.2 Å². The summed E-state index contributed by atoms with van der Waals surface area (Å²) in [4.78, 5) is 15.5. The quantitative estimate of drug-likeness (QED) is 0.568. The number of H-pyrrole nitrogens is 1. The zero-order valence-corrected chi connectivity index (χ0v) is 13.9. The van der Waals surface area contributed by atoms with Crippen LogP contribution in [0.5, 0.6) is 0 Å². The van der Waals surface area contributed by atoms with Gasteiger partial charge in [0.05, 0.1) is 5.56 Å². The summed E-state index contributed by atoms with van der Waals surface area (Å²) in [5.74, 6) is -2.02. The molecule has 2 heterocycles. The molecule has 0 spiro atoms. The number of halogens is 2. The highest BCUT2D eigenvalue weighted by Gasteiger charge is 2.13. The van der Waals surface area contributed by atoms with Crippen LogP contribution < -0.4 is 0 Å². The first-order valence-corrected chi connectivity index (χ1v) is 8.12. The number of nitrogens with zero attached hydrogens (tertiary/aromatic N) is 2. The second kappa shape index (κ2) is 6.60. The van der Waals surface area contributed by atoms with Crippen LogP contribution in [0.4, 0.5) is 8.78 Å². The van der Waals surface area contributed by atoms with E-state index in [1.54, 1.807) is 24.4 Å². The molecule has 0 saturated heterocycles. The van der Waals surface area contributed by atoms with Crippen molar-refractivity contribution in [2.45, 2.75) is 6.42 Å². The normalized spacial score (nSPS) is 11.0. The van der Waals surface area contributed by atoms with Gasteiger partial charge in [0.1, 0.15) is 17.3 Å². The Balaban J connectivity index is 1.76. The standard InChI is InChI=1S/C20H13F2N3O2/c21-15-4-5-17(22)14(9-15)6-11-7-16-18(24-25-19(16)23-10-11)12-2-1-3-13(8-12)20(26)27/h1-5,7-10H,6H2,(H,26,27)(H,23,24,25). The van der Waals surface area contributed by atoms with E-state index >= 15 is 0 Å². The first-order chi connectivity index (χ1) is 13.0. The molecular formula is C20H13F2N3O2. The van der Waals surface area contributed by atoms with Crippen LogP contribution in [0, 0.1) is 11.6 Å². The van der Waals surface area contributed by atoms with E-state index in [-0.39, 0.29) is 17.5 Å². The Morgan fingerprint density at radius 1 is 1.11 bits per heavy atom. The van der Waals surface area contributed by atoms with Crippen LogP contribution in [0.3, 0.4) is 0 Å². The van der Waals surface area contributed by atoms with Crippen LogP contribution >= 0.6 is 0 Å². The lowest BCUT2D eigenvalue weighted by molar-refractivity contribution is 0.0697. The predicted molar refractivity (Wildman–Crippen MR) is 95.4 cm³/mol. The third-order valence-corrected chi connectivity index (χ3v) is 4.26. The van der Waals surface area contributed by atoms with Gasteiger partial charge >= 0.3 is 5.97 Å². The van der Waals surface area contributed by atoms with Crippen molar-refractivity contribution in [3.63, 3.8) is 0 Å². The smallest absolute Gasteiger partial charge is 0.335 e. The Kier molecular flexibility index (Phi) is 4.12. The number of aromatic carboxylic acids is 1. The van der Waals surface area contributed by atoms with Gasteiger partial charge in [-0.1, -0.05) is 12.1 Å². The van der Waals surface area contributed by atoms with Crippen molar-refractivity contribution < 1.29 is 18.7 Å². The lowest BCUT2D eigenvalue weighted by Gasteiger charge is -2.05. The van der Waals surface area contributed by atoms with Crippen LogP contribution in [-0.4, -0.2) is 26.3 Å². The number of hydrogen-bond acceptors (Lipinski definition) is 3. The van der Waals surface area contributed by atoms with Gasteiger partial charge in [-0.25, -0.2) is 18.6 Å². The largest absolute Gasteiger partial charge is 0.478 e. The maximum atomic E-state index is 13.9. The number of fused-ring (bicyclic) bond motifs is 1. The minimum absolute atomic E-state index is 0.148. The molecule has 0 atom stereocenters. The first kappa shape index (κ1) is 16.8. The molecule has 134 valence electrons. The van der Waals surface area contributed by atoms with E-state index < -0.39 is 17.6 Å². The number of benzene rings is 2. The van der Waals surface area contributed by atoms with Crippen molar-refractivity contribution >= 4 is 17.0 Å². The third kappa shape index (κ3) is 3.27. The van der Waals surface area contributed by atoms with Gasteiger partial charge in [-0.2, -0.15) is 5.10 Å². The Morgan fingerprint density at radius 2 is 1.96 bits per heavy atom. The molecule has 4 aromatic rings. The van der Waals surface area contributed by atoms with Gasteiger partial charge < -0.3 is 5.11 Å². The van der Waals surface area contributed by atoms with Crippen molar-refractivity contribution in [1.29, 1.82) is 0 Å². The molecule has 5 nitrogen and oxygen atoms in total.